The standard InChI is InChI=1S/C10H19NO/c1-2-12-10-9-11-7-5-3-4-6-8-11/h3-4H,2,5-10H2,1H3. The number of rotatable bonds is 4. The van der Waals surface area contributed by atoms with Crippen LogP contribution in [-0.4, -0.2) is 37.7 Å². The van der Waals surface area contributed by atoms with Crippen molar-refractivity contribution in [1.82, 2.24) is 4.90 Å². The lowest BCUT2D eigenvalue weighted by Gasteiger charge is -2.18. The molecule has 0 bridgehead atoms. The van der Waals surface area contributed by atoms with Crippen LogP contribution < -0.4 is 0 Å². The molecule has 0 unspecified atom stereocenters. The zero-order valence-electron chi connectivity index (χ0n) is 7.96. The van der Waals surface area contributed by atoms with Crippen molar-refractivity contribution in [3.05, 3.63) is 12.2 Å². The Kier molecular flexibility index (Phi) is 5.04. The highest BCUT2D eigenvalue weighted by atomic mass is 16.5. The predicted octanol–water partition coefficient (Wildman–Crippen LogP) is 1.67. The fourth-order valence-electron chi connectivity index (χ4n) is 1.42. The zero-order valence-corrected chi connectivity index (χ0v) is 7.96. The van der Waals surface area contributed by atoms with Crippen molar-refractivity contribution < 1.29 is 4.74 Å². The molecule has 0 aromatic rings. The van der Waals surface area contributed by atoms with E-state index < -0.39 is 0 Å². The summed E-state index contributed by atoms with van der Waals surface area (Å²) in [7, 11) is 0. The molecule has 0 fully saturated rings. The van der Waals surface area contributed by atoms with Crippen LogP contribution in [-0.2, 0) is 4.74 Å². The molecule has 2 heteroatoms. The van der Waals surface area contributed by atoms with E-state index in [4.69, 9.17) is 4.74 Å². The van der Waals surface area contributed by atoms with Crippen molar-refractivity contribution >= 4 is 0 Å². The summed E-state index contributed by atoms with van der Waals surface area (Å²) in [5.41, 5.74) is 0. The number of ether oxygens (including phenoxy) is 1. The van der Waals surface area contributed by atoms with Gasteiger partial charge in [-0.15, -0.1) is 0 Å². The molecule has 0 spiro atoms. The van der Waals surface area contributed by atoms with E-state index in [1.807, 2.05) is 6.92 Å². The Morgan fingerprint density at radius 1 is 1.25 bits per heavy atom. The SMILES string of the molecule is CCOCCN1CCC=CCC1. The number of hydrogen-bond donors (Lipinski definition) is 0. The summed E-state index contributed by atoms with van der Waals surface area (Å²) < 4.78 is 5.31. The van der Waals surface area contributed by atoms with E-state index in [-0.39, 0.29) is 0 Å². The molecule has 2 nitrogen and oxygen atoms in total. The van der Waals surface area contributed by atoms with Gasteiger partial charge in [-0.3, -0.25) is 0 Å². The first-order chi connectivity index (χ1) is 5.93. The van der Waals surface area contributed by atoms with Crippen LogP contribution in [0.2, 0.25) is 0 Å². The molecule has 1 heterocycles. The summed E-state index contributed by atoms with van der Waals surface area (Å²) in [6, 6.07) is 0. The Balaban J connectivity index is 2.06. The summed E-state index contributed by atoms with van der Waals surface area (Å²) in [4.78, 5) is 2.47. The van der Waals surface area contributed by atoms with Crippen molar-refractivity contribution in [2.24, 2.45) is 0 Å². The van der Waals surface area contributed by atoms with Gasteiger partial charge in [0.15, 0.2) is 0 Å². The third-order valence-electron chi connectivity index (χ3n) is 2.15. The van der Waals surface area contributed by atoms with Gasteiger partial charge in [0, 0.05) is 26.2 Å². The quantitative estimate of drug-likeness (QED) is 0.469. The van der Waals surface area contributed by atoms with Crippen molar-refractivity contribution in [3.8, 4) is 0 Å². The average Bonchev–Trinajstić information content (AvgIpc) is 2.33. The second-order valence-electron chi connectivity index (χ2n) is 3.09. The van der Waals surface area contributed by atoms with Crippen molar-refractivity contribution in [3.63, 3.8) is 0 Å². The number of nitrogens with zero attached hydrogens (tertiary/aromatic N) is 1. The summed E-state index contributed by atoms with van der Waals surface area (Å²) >= 11 is 0. The molecule has 12 heavy (non-hydrogen) atoms. The lowest BCUT2D eigenvalue weighted by atomic mass is 10.4. The zero-order chi connectivity index (χ0) is 8.65. The predicted molar refractivity (Wildman–Crippen MR) is 51.3 cm³/mol. The molecule has 0 saturated heterocycles. The largest absolute Gasteiger partial charge is 0.380 e. The highest BCUT2D eigenvalue weighted by Crippen LogP contribution is 2.01. The molecule has 1 aliphatic heterocycles. The van der Waals surface area contributed by atoms with E-state index in [1.54, 1.807) is 0 Å². The van der Waals surface area contributed by atoms with E-state index in [0.29, 0.717) is 0 Å². The topological polar surface area (TPSA) is 12.5 Å². The van der Waals surface area contributed by atoms with E-state index in [9.17, 15) is 0 Å². The Hall–Kier alpha value is -0.340. The van der Waals surface area contributed by atoms with Gasteiger partial charge in [-0.2, -0.15) is 0 Å². The van der Waals surface area contributed by atoms with Crippen LogP contribution in [0, 0.1) is 0 Å². The minimum atomic E-state index is 0.839. The highest BCUT2D eigenvalue weighted by Gasteiger charge is 2.04. The average molecular weight is 169 g/mol. The van der Waals surface area contributed by atoms with E-state index in [0.717, 1.165) is 19.8 Å². The molecule has 0 amide bonds. The van der Waals surface area contributed by atoms with Crippen LogP contribution in [0.1, 0.15) is 19.8 Å². The molecule has 0 radical (unpaired) electrons. The van der Waals surface area contributed by atoms with Gasteiger partial charge in [0.2, 0.25) is 0 Å². The Morgan fingerprint density at radius 2 is 1.92 bits per heavy atom. The smallest absolute Gasteiger partial charge is 0.0593 e. The van der Waals surface area contributed by atoms with E-state index in [2.05, 4.69) is 17.1 Å². The fourth-order valence-corrected chi connectivity index (χ4v) is 1.42. The molecule has 70 valence electrons. The first-order valence-corrected chi connectivity index (χ1v) is 4.88. The molecular formula is C10H19NO. The molecule has 0 aromatic carbocycles. The maximum Gasteiger partial charge on any atom is 0.0593 e. The van der Waals surface area contributed by atoms with Gasteiger partial charge < -0.3 is 9.64 Å². The lowest BCUT2D eigenvalue weighted by molar-refractivity contribution is 0.115. The molecule has 0 aliphatic carbocycles. The molecule has 0 N–H and O–H groups in total. The van der Waals surface area contributed by atoms with Crippen molar-refractivity contribution in [2.75, 3.05) is 32.8 Å². The third kappa shape index (κ3) is 3.88. The minimum absolute atomic E-state index is 0.839. The van der Waals surface area contributed by atoms with Crippen molar-refractivity contribution in [1.29, 1.82) is 0 Å². The van der Waals surface area contributed by atoms with Crippen LogP contribution in [0.25, 0.3) is 0 Å². The van der Waals surface area contributed by atoms with Crippen LogP contribution >= 0.6 is 0 Å². The van der Waals surface area contributed by atoms with Gasteiger partial charge >= 0.3 is 0 Å². The monoisotopic (exact) mass is 169 g/mol. The summed E-state index contributed by atoms with van der Waals surface area (Å²) in [5, 5.41) is 0. The highest BCUT2D eigenvalue weighted by molar-refractivity contribution is 4.86. The van der Waals surface area contributed by atoms with Crippen LogP contribution in [0.5, 0.6) is 0 Å². The van der Waals surface area contributed by atoms with E-state index in [1.165, 1.54) is 25.9 Å². The summed E-state index contributed by atoms with van der Waals surface area (Å²) in [6.07, 6.45) is 6.96. The van der Waals surface area contributed by atoms with Crippen LogP contribution in [0.15, 0.2) is 12.2 Å². The fraction of sp³-hybridized carbons (Fsp3) is 0.800. The second-order valence-corrected chi connectivity index (χ2v) is 3.09. The van der Waals surface area contributed by atoms with Gasteiger partial charge in [0.05, 0.1) is 6.61 Å². The third-order valence-corrected chi connectivity index (χ3v) is 2.15. The normalized spacial score (nSPS) is 19.4. The van der Waals surface area contributed by atoms with E-state index >= 15 is 0 Å². The maximum absolute atomic E-state index is 5.31. The Morgan fingerprint density at radius 3 is 2.50 bits per heavy atom. The summed E-state index contributed by atoms with van der Waals surface area (Å²) in [6.45, 7) is 7.26. The van der Waals surface area contributed by atoms with Gasteiger partial charge in [-0.25, -0.2) is 0 Å². The molecular weight excluding hydrogens is 150 g/mol. The first kappa shape index (κ1) is 9.75. The lowest BCUT2D eigenvalue weighted by Crippen LogP contribution is -2.28. The number of hydrogen-bond acceptors (Lipinski definition) is 2. The Labute approximate surface area is 75.2 Å². The summed E-state index contributed by atoms with van der Waals surface area (Å²) in [5.74, 6) is 0. The Bertz CT molecular complexity index is 124. The van der Waals surface area contributed by atoms with Gasteiger partial charge in [-0.05, 0) is 19.8 Å². The molecule has 1 aliphatic rings. The van der Waals surface area contributed by atoms with Crippen LogP contribution in [0.4, 0.5) is 0 Å². The molecule has 0 saturated carbocycles. The molecule has 1 rings (SSSR count). The van der Waals surface area contributed by atoms with Crippen molar-refractivity contribution in [2.45, 2.75) is 19.8 Å². The van der Waals surface area contributed by atoms with Crippen LogP contribution in [0.3, 0.4) is 0 Å². The minimum Gasteiger partial charge on any atom is -0.380 e. The molecule has 0 atom stereocenters. The second kappa shape index (κ2) is 6.21. The van der Waals surface area contributed by atoms with Gasteiger partial charge in [0.25, 0.3) is 0 Å². The van der Waals surface area contributed by atoms with Gasteiger partial charge in [0.1, 0.15) is 0 Å². The van der Waals surface area contributed by atoms with Gasteiger partial charge in [-0.1, -0.05) is 12.2 Å². The maximum atomic E-state index is 5.31. The molecule has 0 aromatic heterocycles. The first-order valence-electron chi connectivity index (χ1n) is 4.88.